The second kappa shape index (κ2) is 952. The Bertz CT molecular complexity index is 36.3. The molecule has 0 aromatic heterocycles. The summed E-state index contributed by atoms with van der Waals surface area (Å²) in [6.45, 7) is 13.3. The van der Waals surface area contributed by atoms with Gasteiger partial charge in [-0.2, -0.15) is 0 Å². The van der Waals surface area contributed by atoms with Crippen molar-refractivity contribution in [2.45, 2.75) is 0 Å². The Labute approximate surface area is 70.5 Å². The van der Waals surface area contributed by atoms with E-state index in [1.165, 1.54) is 0 Å². The molecule has 5 heteroatoms. The van der Waals surface area contributed by atoms with Crippen LogP contribution >= 0.6 is 0 Å². The minimum absolute atomic E-state index is 0. The molecule has 4 nitrogen and oxygen atoms in total. The molecule has 54 valence electrons. The van der Waals surface area contributed by atoms with E-state index in [4.69, 9.17) is 29.4 Å². The van der Waals surface area contributed by atoms with Gasteiger partial charge < -0.3 is 42.5 Å². The Morgan fingerprint density at radius 3 is 1.22 bits per heavy atom. The first-order valence-corrected chi connectivity index (χ1v) is 1.36. The van der Waals surface area contributed by atoms with Crippen molar-refractivity contribution in [1.29, 1.82) is 10.5 Å². The normalized spacial score (nSPS) is 2.44. The predicted octanol–water partition coefficient (Wildman–Crippen LogP) is 0.687. The van der Waals surface area contributed by atoms with E-state index in [9.17, 15) is 0 Å². The summed E-state index contributed by atoms with van der Waals surface area (Å²) in [6, 6.07) is 0. The smallest absolute Gasteiger partial charge is 0.693 e. The minimum atomic E-state index is 0. The molecule has 0 aromatic carbocycles. The number of nitrogens with two attached hydrogens (primary N) is 2. The van der Waals surface area contributed by atoms with Crippen molar-refractivity contribution in [3.05, 3.63) is 26.2 Å². The van der Waals surface area contributed by atoms with Gasteiger partial charge >= 0.3 is 21.1 Å². The van der Waals surface area contributed by atoms with Crippen LogP contribution in [0.3, 0.4) is 0 Å². The van der Waals surface area contributed by atoms with Crippen LogP contribution in [0.1, 0.15) is 0 Å². The van der Waals surface area contributed by atoms with Crippen LogP contribution in [0.4, 0.5) is 0 Å². The van der Waals surface area contributed by atoms with Crippen molar-refractivity contribution in [1.82, 2.24) is 0 Å². The quantitative estimate of drug-likeness (QED) is 0.665. The molecule has 0 heterocycles. The molecule has 0 saturated heterocycles. The van der Waals surface area contributed by atoms with Gasteiger partial charge in [-0.25, -0.2) is 0 Å². The fraction of sp³-hybridized carbons (Fsp3) is 0.250. The fourth-order valence-electron chi connectivity index (χ4n) is 0. The molecule has 0 radical (unpaired) electrons. The molecule has 0 spiro atoms. The maximum atomic E-state index is 6.25. The zero-order chi connectivity index (χ0) is 6.71. The number of hydrogen-bond donors (Lipinski definition) is 1. The summed E-state index contributed by atoms with van der Waals surface area (Å²) >= 11 is 0. The molecule has 0 aliphatic rings. The van der Waals surface area contributed by atoms with E-state index in [2.05, 4.69) is 6.92 Å². The second-order valence-electron chi connectivity index (χ2n) is 0.289. The summed E-state index contributed by atoms with van der Waals surface area (Å²) in [4.78, 5) is 0. The maximum Gasteiger partial charge on any atom is 4.00 e. The van der Waals surface area contributed by atoms with E-state index in [0.29, 0.717) is 6.54 Å². The van der Waals surface area contributed by atoms with E-state index in [-0.39, 0.29) is 27.2 Å². The Morgan fingerprint density at radius 2 is 1.22 bits per heavy atom. The molecule has 0 unspecified atom stereocenters. The number of hydrogen-bond acceptors (Lipinski definition) is 3. The van der Waals surface area contributed by atoms with Crippen molar-refractivity contribution in [2.24, 2.45) is 5.73 Å². The molecule has 4 N–H and O–H groups in total. The van der Waals surface area contributed by atoms with Crippen LogP contribution in [0.15, 0.2) is 0 Å². The summed E-state index contributed by atoms with van der Waals surface area (Å²) in [6.07, 6.45) is 0. The first kappa shape index (κ1) is 38.4. The summed E-state index contributed by atoms with van der Waals surface area (Å²) in [7, 11) is 0. The summed E-state index contributed by atoms with van der Waals surface area (Å²) in [5.41, 5.74) is 4.74. The third-order valence-corrected chi connectivity index (χ3v) is 0. The van der Waals surface area contributed by atoms with E-state index in [0.717, 1.165) is 0 Å². The SMILES string of the molecule is [C-]#N.[C-]#N.[CH2-]CN.[NH2-].[Pt+4]. The van der Waals surface area contributed by atoms with Crippen molar-refractivity contribution < 1.29 is 21.1 Å². The van der Waals surface area contributed by atoms with Crippen molar-refractivity contribution in [3.8, 4) is 0 Å². The van der Waals surface area contributed by atoms with Crippen molar-refractivity contribution >= 4 is 0 Å². The molecule has 0 aliphatic carbocycles. The molecule has 0 aromatic rings. The summed E-state index contributed by atoms with van der Waals surface area (Å²) in [5, 5.41) is 12.5. The molecule has 0 atom stereocenters. The van der Waals surface area contributed by atoms with Gasteiger partial charge in [0.1, 0.15) is 0 Å². The zero-order valence-corrected chi connectivity index (χ0v) is 7.05. The van der Waals surface area contributed by atoms with Crippen LogP contribution in [-0.4, -0.2) is 6.54 Å². The van der Waals surface area contributed by atoms with Gasteiger partial charge in [0.2, 0.25) is 0 Å². The molecule has 0 amide bonds. The first-order chi connectivity index (χ1) is 3.41. The Balaban J connectivity index is -0.00000000825. The van der Waals surface area contributed by atoms with Gasteiger partial charge in [-0.3, -0.25) is 0 Å². The first-order valence-electron chi connectivity index (χ1n) is 1.36. The van der Waals surface area contributed by atoms with Gasteiger partial charge in [-0.1, -0.05) is 0 Å². The molecule has 9 heavy (non-hydrogen) atoms. The molecular formula is C4H8N4Pt. The van der Waals surface area contributed by atoms with Crippen LogP contribution in [0.5, 0.6) is 0 Å². The standard InChI is InChI=1S/C2H6N.2CN.H2N.Pt/c1-2-3;2*1-2;;/h1-3H2;;;1H2;/q4*-1;+4. The predicted molar refractivity (Wildman–Crippen MR) is 29.6 cm³/mol. The van der Waals surface area contributed by atoms with Gasteiger partial charge in [0, 0.05) is 0 Å². The van der Waals surface area contributed by atoms with E-state index in [1.807, 2.05) is 0 Å². The van der Waals surface area contributed by atoms with Gasteiger partial charge in [0.05, 0.1) is 0 Å². The van der Waals surface area contributed by atoms with Gasteiger partial charge in [0.15, 0.2) is 0 Å². The van der Waals surface area contributed by atoms with Gasteiger partial charge in [0.25, 0.3) is 0 Å². The van der Waals surface area contributed by atoms with Gasteiger partial charge in [-0.05, 0) is 0 Å². The third kappa shape index (κ3) is 1400. The fourth-order valence-corrected chi connectivity index (χ4v) is 0. The second-order valence-corrected chi connectivity index (χ2v) is 0.289. The molecule has 0 rings (SSSR count). The van der Waals surface area contributed by atoms with Crippen LogP contribution in [0, 0.1) is 30.6 Å². The monoisotopic (exact) mass is 307 g/mol. The molecular weight excluding hydrogens is 299 g/mol. The zero-order valence-electron chi connectivity index (χ0n) is 4.78. The van der Waals surface area contributed by atoms with Crippen LogP contribution in [0.25, 0.3) is 6.15 Å². The topological polar surface area (TPSA) is 107 Å². The third-order valence-electron chi connectivity index (χ3n) is 0. The van der Waals surface area contributed by atoms with Crippen molar-refractivity contribution in [2.75, 3.05) is 6.54 Å². The average molecular weight is 307 g/mol. The average Bonchev–Trinajstić information content (AvgIpc) is 1.78. The molecule has 0 saturated carbocycles. The van der Waals surface area contributed by atoms with Crippen molar-refractivity contribution in [3.63, 3.8) is 0 Å². The Kier molecular flexibility index (Phi) is 4060. The van der Waals surface area contributed by atoms with E-state index in [1.54, 1.807) is 0 Å². The summed E-state index contributed by atoms with van der Waals surface area (Å²) in [5.74, 6) is 0. The van der Waals surface area contributed by atoms with E-state index < -0.39 is 0 Å². The minimum Gasteiger partial charge on any atom is -0.693 e. The Hall–Kier alpha value is -0.412. The maximum absolute atomic E-state index is 6.25. The molecule has 0 bridgehead atoms. The largest absolute Gasteiger partial charge is 4.00 e. The van der Waals surface area contributed by atoms with Crippen LogP contribution < -0.4 is 5.73 Å². The molecule has 0 aliphatic heterocycles. The molecule has 0 fully saturated rings. The van der Waals surface area contributed by atoms with Crippen LogP contribution in [-0.2, 0) is 21.1 Å². The Morgan fingerprint density at radius 1 is 1.22 bits per heavy atom. The number of nitrogens with zero attached hydrogens (tertiary/aromatic N) is 2. The van der Waals surface area contributed by atoms with Crippen LogP contribution in [0.2, 0.25) is 0 Å². The number of rotatable bonds is 0. The van der Waals surface area contributed by atoms with Gasteiger partial charge in [-0.15, -0.1) is 6.54 Å². The van der Waals surface area contributed by atoms with E-state index >= 15 is 0 Å². The summed E-state index contributed by atoms with van der Waals surface area (Å²) < 4.78 is 0.